The number of amides is 4. The van der Waals surface area contributed by atoms with Crippen molar-refractivity contribution in [1.82, 2.24) is 15.7 Å². The second kappa shape index (κ2) is 9.72. The highest BCUT2D eigenvalue weighted by atomic mass is 16.7. The van der Waals surface area contributed by atoms with Gasteiger partial charge >= 0.3 is 5.97 Å². The fourth-order valence-electron chi connectivity index (χ4n) is 2.84. The summed E-state index contributed by atoms with van der Waals surface area (Å²) in [4.78, 5) is 67.3. The van der Waals surface area contributed by atoms with Crippen molar-refractivity contribution in [1.29, 1.82) is 0 Å². The molecular formula is C22H29N3O6. The monoisotopic (exact) mass is 431 g/mol. The van der Waals surface area contributed by atoms with E-state index in [-0.39, 0.29) is 23.5 Å². The number of fused-ring (bicyclic) bond motifs is 1. The average Bonchev–Trinajstić information content (AvgIpc) is 2.95. The van der Waals surface area contributed by atoms with Gasteiger partial charge in [0.1, 0.15) is 12.1 Å². The number of rotatable bonds is 8. The van der Waals surface area contributed by atoms with Crippen LogP contribution in [0.2, 0.25) is 0 Å². The summed E-state index contributed by atoms with van der Waals surface area (Å²) in [6.07, 6.45) is 1.61. The number of nitrogens with one attached hydrogen (secondary N) is 2. The van der Waals surface area contributed by atoms with Gasteiger partial charge in [-0.15, -0.1) is 0 Å². The molecule has 168 valence electrons. The first kappa shape index (κ1) is 24.0. The number of hydroxylamine groups is 2. The molecule has 0 fully saturated rings. The van der Waals surface area contributed by atoms with Crippen molar-refractivity contribution in [3.05, 3.63) is 35.4 Å². The standard InChI is InChI=1S/C22H29N3O6/c1-6-7-12-16(24-17(26)13(2)23-21(30)22(3,4)5)20(29)31-25-18(27)14-10-8-9-11-15(14)19(25)28/h8-11,13,16H,6-7,12H2,1-5H3,(H,23,30)(H,24,26). The predicted octanol–water partition coefficient (Wildman–Crippen LogP) is 1.97. The first-order chi connectivity index (χ1) is 14.5. The molecule has 0 saturated heterocycles. The van der Waals surface area contributed by atoms with E-state index < -0.39 is 41.2 Å². The third-order valence-corrected chi connectivity index (χ3v) is 4.81. The molecule has 1 aliphatic rings. The molecule has 31 heavy (non-hydrogen) atoms. The van der Waals surface area contributed by atoms with Crippen molar-refractivity contribution < 1.29 is 28.8 Å². The fourth-order valence-corrected chi connectivity index (χ4v) is 2.84. The summed E-state index contributed by atoms with van der Waals surface area (Å²) < 4.78 is 0. The largest absolute Gasteiger partial charge is 0.355 e. The summed E-state index contributed by atoms with van der Waals surface area (Å²) in [6.45, 7) is 8.58. The van der Waals surface area contributed by atoms with E-state index in [0.717, 1.165) is 6.42 Å². The van der Waals surface area contributed by atoms with Crippen LogP contribution in [0, 0.1) is 5.41 Å². The van der Waals surface area contributed by atoms with Gasteiger partial charge in [-0.1, -0.05) is 57.7 Å². The highest BCUT2D eigenvalue weighted by Gasteiger charge is 2.40. The van der Waals surface area contributed by atoms with Gasteiger partial charge in [-0.3, -0.25) is 19.2 Å². The molecule has 1 aliphatic heterocycles. The van der Waals surface area contributed by atoms with E-state index in [1.807, 2.05) is 6.92 Å². The Balaban J connectivity index is 2.07. The first-order valence-electron chi connectivity index (χ1n) is 10.3. The zero-order valence-electron chi connectivity index (χ0n) is 18.5. The molecule has 9 nitrogen and oxygen atoms in total. The number of carbonyl (C=O) groups excluding carboxylic acids is 5. The minimum absolute atomic E-state index is 0.146. The lowest BCUT2D eigenvalue weighted by molar-refractivity contribution is -0.172. The third kappa shape index (κ3) is 5.68. The Morgan fingerprint density at radius 3 is 2.06 bits per heavy atom. The van der Waals surface area contributed by atoms with Crippen LogP contribution < -0.4 is 10.6 Å². The van der Waals surface area contributed by atoms with E-state index in [9.17, 15) is 24.0 Å². The molecule has 2 atom stereocenters. The molecule has 0 bridgehead atoms. The minimum atomic E-state index is -1.08. The summed E-state index contributed by atoms with van der Waals surface area (Å²) >= 11 is 0. The second-order valence-electron chi connectivity index (χ2n) is 8.51. The quantitative estimate of drug-likeness (QED) is 0.607. The number of hydrogen-bond donors (Lipinski definition) is 2. The molecule has 1 aromatic carbocycles. The number of carbonyl (C=O) groups is 5. The Hall–Kier alpha value is -3.23. The molecule has 0 radical (unpaired) electrons. The van der Waals surface area contributed by atoms with Gasteiger partial charge in [0.15, 0.2) is 0 Å². The summed E-state index contributed by atoms with van der Waals surface area (Å²) in [5.74, 6) is -3.28. The molecule has 0 saturated carbocycles. The Morgan fingerprint density at radius 1 is 1.03 bits per heavy atom. The molecule has 9 heteroatoms. The van der Waals surface area contributed by atoms with Crippen LogP contribution in [0.4, 0.5) is 0 Å². The fraction of sp³-hybridized carbons (Fsp3) is 0.500. The van der Waals surface area contributed by atoms with Gasteiger partial charge in [0.25, 0.3) is 11.8 Å². The summed E-state index contributed by atoms with van der Waals surface area (Å²) in [6, 6.07) is 4.19. The molecule has 1 aromatic rings. The molecule has 0 aromatic heterocycles. The zero-order valence-corrected chi connectivity index (χ0v) is 18.5. The van der Waals surface area contributed by atoms with Crippen LogP contribution in [0.25, 0.3) is 0 Å². The Morgan fingerprint density at radius 2 is 1.58 bits per heavy atom. The van der Waals surface area contributed by atoms with E-state index in [2.05, 4.69) is 10.6 Å². The van der Waals surface area contributed by atoms with Gasteiger partial charge in [0, 0.05) is 5.41 Å². The van der Waals surface area contributed by atoms with Crippen molar-refractivity contribution >= 4 is 29.6 Å². The van der Waals surface area contributed by atoms with Crippen LogP contribution >= 0.6 is 0 Å². The molecule has 2 unspecified atom stereocenters. The van der Waals surface area contributed by atoms with E-state index in [1.54, 1.807) is 32.9 Å². The zero-order chi connectivity index (χ0) is 23.3. The number of imide groups is 1. The summed E-state index contributed by atoms with van der Waals surface area (Å²) in [7, 11) is 0. The van der Waals surface area contributed by atoms with Crippen molar-refractivity contribution in [2.24, 2.45) is 5.41 Å². The van der Waals surface area contributed by atoms with Crippen LogP contribution in [-0.4, -0.2) is 46.7 Å². The van der Waals surface area contributed by atoms with Gasteiger partial charge in [-0.25, -0.2) is 4.79 Å². The lowest BCUT2D eigenvalue weighted by Gasteiger charge is -2.24. The van der Waals surface area contributed by atoms with Crippen LogP contribution in [0.3, 0.4) is 0 Å². The minimum Gasteiger partial charge on any atom is -0.344 e. The SMILES string of the molecule is CCCCC(NC(=O)C(C)NC(=O)C(C)(C)C)C(=O)ON1C(=O)c2ccccc2C1=O. The number of nitrogens with zero attached hydrogens (tertiary/aromatic N) is 1. The maximum absolute atomic E-state index is 12.7. The molecule has 2 rings (SSSR count). The number of unbranched alkanes of at least 4 members (excludes halogenated alkanes) is 1. The molecule has 4 amide bonds. The normalized spacial score (nSPS) is 15.2. The molecule has 0 spiro atoms. The Kier molecular flexibility index (Phi) is 7.54. The van der Waals surface area contributed by atoms with Crippen molar-refractivity contribution in [2.45, 2.75) is 66.0 Å². The third-order valence-electron chi connectivity index (χ3n) is 4.81. The Bertz CT molecular complexity index is 854. The number of hydrogen-bond acceptors (Lipinski definition) is 6. The van der Waals surface area contributed by atoms with E-state index in [4.69, 9.17) is 4.84 Å². The Labute approximate surface area is 181 Å². The highest BCUT2D eigenvalue weighted by molar-refractivity contribution is 6.21. The lowest BCUT2D eigenvalue weighted by Crippen LogP contribution is -2.53. The first-order valence-corrected chi connectivity index (χ1v) is 10.3. The lowest BCUT2D eigenvalue weighted by atomic mass is 9.95. The van der Waals surface area contributed by atoms with E-state index in [0.29, 0.717) is 11.5 Å². The van der Waals surface area contributed by atoms with Gasteiger partial charge in [-0.05, 0) is 25.5 Å². The topological polar surface area (TPSA) is 122 Å². The maximum Gasteiger partial charge on any atom is 0.355 e. The van der Waals surface area contributed by atoms with Gasteiger partial charge in [-0.2, -0.15) is 0 Å². The summed E-state index contributed by atoms with van der Waals surface area (Å²) in [5.41, 5.74) is -0.387. The maximum atomic E-state index is 12.7. The van der Waals surface area contributed by atoms with Crippen LogP contribution in [0.5, 0.6) is 0 Å². The molecule has 2 N–H and O–H groups in total. The van der Waals surface area contributed by atoms with Crippen molar-refractivity contribution in [3.63, 3.8) is 0 Å². The second-order valence-corrected chi connectivity index (χ2v) is 8.51. The predicted molar refractivity (Wildman–Crippen MR) is 112 cm³/mol. The van der Waals surface area contributed by atoms with Crippen LogP contribution in [0.15, 0.2) is 24.3 Å². The van der Waals surface area contributed by atoms with Crippen LogP contribution in [0.1, 0.15) is 74.6 Å². The smallest absolute Gasteiger partial charge is 0.344 e. The van der Waals surface area contributed by atoms with Crippen LogP contribution in [-0.2, 0) is 19.2 Å². The van der Waals surface area contributed by atoms with E-state index >= 15 is 0 Å². The van der Waals surface area contributed by atoms with Gasteiger partial charge in [0.05, 0.1) is 11.1 Å². The molecular weight excluding hydrogens is 402 g/mol. The number of benzene rings is 1. The van der Waals surface area contributed by atoms with Crippen molar-refractivity contribution in [3.8, 4) is 0 Å². The summed E-state index contributed by atoms with van der Waals surface area (Å²) in [5, 5.41) is 5.57. The van der Waals surface area contributed by atoms with Crippen molar-refractivity contribution in [2.75, 3.05) is 0 Å². The molecule has 0 aliphatic carbocycles. The van der Waals surface area contributed by atoms with E-state index in [1.165, 1.54) is 19.1 Å². The highest BCUT2D eigenvalue weighted by Crippen LogP contribution is 2.23. The van der Waals surface area contributed by atoms with Gasteiger partial charge in [0.2, 0.25) is 11.8 Å². The molecule has 1 heterocycles. The average molecular weight is 431 g/mol. The van der Waals surface area contributed by atoms with Gasteiger partial charge < -0.3 is 15.5 Å².